The Labute approximate surface area is 119 Å². The van der Waals surface area contributed by atoms with E-state index >= 15 is 0 Å². The van der Waals surface area contributed by atoms with Crippen LogP contribution in [0, 0.1) is 5.92 Å². The van der Waals surface area contributed by atoms with Gasteiger partial charge in [-0.25, -0.2) is 4.79 Å². The largest absolute Gasteiger partial charge is 0.480 e. The number of nitrogens with zero attached hydrogens (tertiary/aromatic N) is 1. The molecule has 2 N–H and O–H groups in total. The summed E-state index contributed by atoms with van der Waals surface area (Å²) in [7, 11) is 0. The minimum Gasteiger partial charge on any atom is -0.480 e. The molecule has 0 spiro atoms. The molecule has 1 aromatic rings. The van der Waals surface area contributed by atoms with Crippen molar-refractivity contribution in [2.45, 2.75) is 51.6 Å². The molecule has 2 unspecified atom stereocenters. The fraction of sp³-hybridized carbons (Fsp3) is 0.600. The number of nitrogens with one attached hydrogen (secondary N) is 1. The van der Waals surface area contributed by atoms with Gasteiger partial charge in [-0.3, -0.25) is 4.79 Å². The minimum atomic E-state index is -1.11. The first-order chi connectivity index (χ1) is 9.48. The van der Waals surface area contributed by atoms with Crippen LogP contribution in [0.25, 0.3) is 0 Å². The number of carboxylic acid groups (broad SMARTS) is 1. The smallest absolute Gasteiger partial charge is 0.329 e. The Morgan fingerprint density at radius 2 is 2.30 bits per heavy atom. The lowest BCUT2D eigenvalue weighted by Gasteiger charge is -2.37. The number of hydrogen-bond acceptors (Lipinski definition) is 2. The average Bonchev–Trinajstić information content (AvgIpc) is 2.86. The van der Waals surface area contributed by atoms with Crippen LogP contribution in [0.1, 0.15) is 50.0 Å². The third kappa shape index (κ3) is 2.71. The molecule has 0 bridgehead atoms. The quantitative estimate of drug-likeness (QED) is 0.887. The van der Waals surface area contributed by atoms with Crippen molar-refractivity contribution in [1.29, 1.82) is 0 Å². The molecular formula is C15H22N2O3. The van der Waals surface area contributed by atoms with Crippen LogP contribution in [0.4, 0.5) is 0 Å². The average molecular weight is 278 g/mol. The van der Waals surface area contributed by atoms with E-state index in [2.05, 4.69) is 5.32 Å². The van der Waals surface area contributed by atoms with Gasteiger partial charge in [0, 0.05) is 12.7 Å². The number of carboxylic acids is 1. The molecule has 0 aliphatic heterocycles. The number of rotatable bonds is 4. The van der Waals surface area contributed by atoms with Crippen molar-refractivity contribution in [3.05, 3.63) is 24.0 Å². The molecule has 2 atom stereocenters. The first kappa shape index (κ1) is 14.6. The molecule has 1 saturated carbocycles. The van der Waals surface area contributed by atoms with E-state index in [1.54, 1.807) is 12.1 Å². The van der Waals surface area contributed by atoms with Gasteiger partial charge in [-0.1, -0.05) is 19.8 Å². The van der Waals surface area contributed by atoms with Crippen LogP contribution < -0.4 is 5.32 Å². The normalized spacial score (nSPS) is 26.2. The molecule has 1 aliphatic carbocycles. The fourth-order valence-corrected chi connectivity index (χ4v) is 3.09. The molecule has 2 rings (SSSR count). The lowest BCUT2D eigenvalue weighted by molar-refractivity contribution is -0.146. The van der Waals surface area contributed by atoms with Crippen LogP contribution in [0.3, 0.4) is 0 Å². The molecule has 5 nitrogen and oxygen atoms in total. The van der Waals surface area contributed by atoms with E-state index in [-0.39, 0.29) is 5.91 Å². The SMILES string of the molecule is CCn1cccc1C(=O)NC1(C(=O)O)CCCC(C)C1. The third-order valence-corrected chi connectivity index (χ3v) is 4.16. The molecular weight excluding hydrogens is 256 g/mol. The molecule has 0 radical (unpaired) electrons. The zero-order valence-electron chi connectivity index (χ0n) is 12.1. The molecule has 1 aromatic heterocycles. The highest BCUT2D eigenvalue weighted by Crippen LogP contribution is 2.32. The summed E-state index contributed by atoms with van der Waals surface area (Å²) in [6, 6.07) is 3.52. The second-order valence-electron chi connectivity index (χ2n) is 5.72. The Bertz CT molecular complexity index is 509. The lowest BCUT2D eigenvalue weighted by Crippen LogP contribution is -2.57. The molecule has 5 heteroatoms. The zero-order chi connectivity index (χ0) is 14.8. The highest BCUT2D eigenvalue weighted by Gasteiger charge is 2.43. The van der Waals surface area contributed by atoms with Crippen LogP contribution >= 0.6 is 0 Å². The fourth-order valence-electron chi connectivity index (χ4n) is 3.09. The summed E-state index contributed by atoms with van der Waals surface area (Å²) in [4.78, 5) is 24.0. The number of aryl methyl sites for hydroxylation is 1. The van der Waals surface area contributed by atoms with E-state index in [0.29, 0.717) is 31.0 Å². The van der Waals surface area contributed by atoms with Gasteiger partial charge in [-0.2, -0.15) is 0 Å². The molecule has 20 heavy (non-hydrogen) atoms. The second kappa shape index (κ2) is 5.69. The Hall–Kier alpha value is -1.78. The standard InChI is InChI=1S/C15H22N2O3/c1-3-17-9-5-7-12(17)13(18)16-15(14(19)20)8-4-6-11(2)10-15/h5,7,9,11H,3-4,6,8,10H2,1-2H3,(H,16,18)(H,19,20). The van der Waals surface area contributed by atoms with Crippen LogP contribution in [0.2, 0.25) is 0 Å². The number of aromatic nitrogens is 1. The van der Waals surface area contributed by atoms with E-state index < -0.39 is 11.5 Å². The summed E-state index contributed by atoms with van der Waals surface area (Å²) >= 11 is 0. The van der Waals surface area contributed by atoms with Crippen LogP contribution in [-0.2, 0) is 11.3 Å². The van der Waals surface area contributed by atoms with Crippen molar-refractivity contribution in [2.75, 3.05) is 0 Å². The molecule has 1 heterocycles. The summed E-state index contributed by atoms with van der Waals surface area (Å²) < 4.78 is 1.82. The number of aliphatic carboxylic acids is 1. The van der Waals surface area contributed by atoms with Gasteiger partial charge in [0.05, 0.1) is 0 Å². The van der Waals surface area contributed by atoms with Crippen LogP contribution in [0.15, 0.2) is 18.3 Å². The van der Waals surface area contributed by atoms with Gasteiger partial charge < -0.3 is 15.0 Å². The van der Waals surface area contributed by atoms with Gasteiger partial charge in [-0.05, 0) is 37.8 Å². The summed E-state index contributed by atoms with van der Waals surface area (Å²) in [6.07, 6.45) is 4.69. The van der Waals surface area contributed by atoms with Crippen molar-refractivity contribution < 1.29 is 14.7 Å². The minimum absolute atomic E-state index is 0.298. The van der Waals surface area contributed by atoms with Crippen molar-refractivity contribution in [1.82, 2.24) is 9.88 Å². The molecule has 1 fully saturated rings. The monoisotopic (exact) mass is 278 g/mol. The van der Waals surface area contributed by atoms with Crippen molar-refractivity contribution in [3.63, 3.8) is 0 Å². The van der Waals surface area contributed by atoms with E-state index in [9.17, 15) is 14.7 Å². The number of amides is 1. The van der Waals surface area contributed by atoms with Crippen molar-refractivity contribution >= 4 is 11.9 Å². The highest BCUT2D eigenvalue weighted by molar-refractivity contribution is 5.96. The first-order valence-electron chi connectivity index (χ1n) is 7.19. The number of carbonyl (C=O) groups excluding carboxylic acids is 1. The first-order valence-corrected chi connectivity index (χ1v) is 7.19. The summed E-state index contributed by atoms with van der Waals surface area (Å²) in [5.74, 6) is -0.904. The zero-order valence-corrected chi connectivity index (χ0v) is 12.1. The van der Waals surface area contributed by atoms with E-state index in [1.807, 2.05) is 24.6 Å². The van der Waals surface area contributed by atoms with Crippen LogP contribution in [-0.4, -0.2) is 27.1 Å². The lowest BCUT2D eigenvalue weighted by atomic mass is 9.76. The van der Waals surface area contributed by atoms with Crippen LogP contribution in [0.5, 0.6) is 0 Å². The second-order valence-corrected chi connectivity index (χ2v) is 5.72. The van der Waals surface area contributed by atoms with Crippen molar-refractivity contribution in [3.8, 4) is 0 Å². The van der Waals surface area contributed by atoms with E-state index in [1.165, 1.54) is 0 Å². The maximum atomic E-state index is 12.4. The summed E-state index contributed by atoms with van der Waals surface area (Å²) in [5, 5.41) is 12.3. The molecule has 1 amide bonds. The number of carbonyl (C=O) groups is 2. The Balaban J connectivity index is 2.20. The predicted octanol–water partition coefficient (Wildman–Crippen LogP) is 2.27. The topological polar surface area (TPSA) is 71.3 Å². The Morgan fingerprint density at radius 1 is 1.55 bits per heavy atom. The Kier molecular flexibility index (Phi) is 4.16. The molecule has 0 saturated heterocycles. The van der Waals surface area contributed by atoms with Gasteiger partial charge >= 0.3 is 5.97 Å². The van der Waals surface area contributed by atoms with Crippen molar-refractivity contribution in [2.24, 2.45) is 5.92 Å². The third-order valence-electron chi connectivity index (χ3n) is 4.16. The van der Waals surface area contributed by atoms with Gasteiger partial charge in [0.25, 0.3) is 5.91 Å². The van der Waals surface area contributed by atoms with Gasteiger partial charge in [0.15, 0.2) is 0 Å². The molecule has 0 aromatic carbocycles. The van der Waals surface area contributed by atoms with E-state index in [4.69, 9.17) is 0 Å². The maximum absolute atomic E-state index is 12.4. The summed E-state index contributed by atoms with van der Waals surface area (Å²) in [6.45, 7) is 4.68. The predicted molar refractivity (Wildman–Crippen MR) is 75.6 cm³/mol. The summed E-state index contributed by atoms with van der Waals surface area (Å²) in [5.41, 5.74) is -0.594. The van der Waals surface area contributed by atoms with E-state index in [0.717, 1.165) is 12.8 Å². The van der Waals surface area contributed by atoms with Gasteiger partial charge in [0.2, 0.25) is 0 Å². The highest BCUT2D eigenvalue weighted by atomic mass is 16.4. The van der Waals surface area contributed by atoms with Gasteiger partial charge in [0.1, 0.15) is 11.2 Å². The molecule has 110 valence electrons. The Morgan fingerprint density at radius 3 is 2.90 bits per heavy atom. The molecule has 1 aliphatic rings. The number of hydrogen-bond donors (Lipinski definition) is 2. The van der Waals surface area contributed by atoms with Gasteiger partial charge in [-0.15, -0.1) is 0 Å². The maximum Gasteiger partial charge on any atom is 0.329 e.